The summed E-state index contributed by atoms with van der Waals surface area (Å²) in [5, 5.41) is 0. The number of nitrogen functional groups attached to an aromatic ring is 1. The van der Waals surface area contributed by atoms with Crippen molar-refractivity contribution in [3.8, 4) is 0 Å². The average Bonchev–Trinajstić information content (AvgIpc) is 2.88. The van der Waals surface area contributed by atoms with Crippen LogP contribution in [0.2, 0.25) is 0 Å². The maximum absolute atomic E-state index is 12.5. The van der Waals surface area contributed by atoms with Crippen LogP contribution in [0.3, 0.4) is 0 Å². The molecular weight excluding hydrogens is 288 g/mol. The zero-order valence-corrected chi connectivity index (χ0v) is 13.7. The fourth-order valence-corrected chi connectivity index (χ4v) is 4.25. The van der Waals surface area contributed by atoms with E-state index >= 15 is 0 Å². The first-order valence-electron chi connectivity index (χ1n) is 7.33. The van der Waals surface area contributed by atoms with Crippen LogP contribution in [0.15, 0.2) is 17.0 Å². The van der Waals surface area contributed by atoms with Gasteiger partial charge >= 0.3 is 0 Å². The number of rotatable bonds is 5. The Morgan fingerprint density at radius 3 is 2.76 bits per heavy atom. The molecule has 1 saturated heterocycles. The summed E-state index contributed by atoms with van der Waals surface area (Å²) in [6.45, 7) is 6.85. The Labute approximate surface area is 126 Å². The van der Waals surface area contributed by atoms with Crippen molar-refractivity contribution in [1.82, 2.24) is 4.72 Å². The van der Waals surface area contributed by atoms with E-state index in [1.54, 1.807) is 13.0 Å². The van der Waals surface area contributed by atoms with Crippen molar-refractivity contribution in [3.05, 3.63) is 23.3 Å². The van der Waals surface area contributed by atoms with Crippen molar-refractivity contribution in [2.45, 2.75) is 44.6 Å². The molecule has 3 N–H and O–H groups in total. The fraction of sp³-hybridized carbons (Fsp3) is 0.600. The molecule has 0 radical (unpaired) electrons. The van der Waals surface area contributed by atoms with Crippen LogP contribution < -0.4 is 10.5 Å². The maximum atomic E-state index is 12.5. The molecule has 0 bridgehead atoms. The number of benzene rings is 1. The van der Waals surface area contributed by atoms with E-state index in [0.29, 0.717) is 18.8 Å². The molecule has 1 aliphatic heterocycles. The van der Waals surface area contributed by atoms with Gasteiger partial charge in [0.05, 0.1) is 11.0 Å². The summed E-state index contributed by atoms with van der Waals surface area (Å²) in [5.74, 6) is 0.243. The molecule has 1 aromatic carbocycles. The second-order valence-corrected chi connectivity index (χ2v) is 7.41. The van der Waals surface area contributed by atoms with Crippen LogP contribution in [0.5, 0.6) is 0 Å². The fourth-order valence-electron chi connectivity index (χ4n) is 2.80. The van der Waals surface area contributed by atoms with E-state index in [2.05, 4.69) is 11.6 Å². The van der Waals surface area contributed by atoms with Crippen molar-refractivity contribution in [1.29, 1.82) is 0 Å². The molecule has 1 aliphatic rings. The quantitative estimate of drug-likeness (QED) is 0.815. The van der Waals surface area contributed by atoms with E-state index in [9.17, 15) is 8.42 Å². The zero-order chi connectivity index (χ0) is 15.6. The third-order valence-corrected chi connectivity index (χ3v) is 5.77. The third kappa shape index (κ3) is 3.56. The highest BCUT2D eigenvalue weighted by atomic mass is 32.2. The Hall–Kier alpha value is -1.11. The lowest BCUT2D eigenvalue weighted by atomic mass is 10.0. The molecule has 2 atom stereocenters. The van der Waals surface area contributed by atoms with Gasteiger partial charge in [0, 0.05) is 24.8 Å². The van der Waals surface area contributed by atoms with Crippen LogP contribution in [-0.4, -0.2) is 27.7 Å². The molecule has 0 saturated carbocycles. The molecule has 1 fully saturated rings. The van der Waals surface area contributed by atoms with Crippen LogP contribution in [0.1, 0.15) is 30.9 Å². The minimum atomic E-state index is -3.54. The number of ether oxygens (including phenoxy) is 1. The first kappa shape index (κ1) is 16.3. The van der Waals surface area contributed by atoms with Crippen molar-refractivity contribution in [3.63, 3.8) is 0 Å². The van der Waals surface area contributed by atoms with Gasteiger partial charge in [0.25, 0.3) is 0 Å². The molecule has 118 valence electrons. The summed E-state index contributed by atoms with van der Waals surface area (Å²) in [4.78, 5) is 0.270. The Kier molecular flexibility index (Phi) is 4.91. The summed E-state index contributed by atoms with van der Waals surface area (Å²) in [6.07, 6.45) is 1.95. The van der Waals surface area contributed by atoms with E-state index < -0.39 is 10.0 Å². The lowest BCUT2D eigenvalue weighted by Gasteiger charge is -2.18. The van der Waals surface area contributed by atoms with Gasteiger partial charge in [0.15, 0.2) is 0 Å². The molecular formula is C15H24N2O3S. The molecule has 0 aliphatic carbocycles. The monoisotopic (exact) mass is 312 g/mol. The average molecular weight is 312 g/mol. The molecule has 0 amide bonds. The van der Waals surface area contributed by atoms with E-state index in [4.69, 9.17) is 10.5 Å². The highest BCUT2D eigenvalue weighted by Gasteiger charge is 2.28. The minimum absolute atomic E-state index is 0.149. The molecule has 2 rings (SSSR count). The van der Waals surface area contributed by atoms with Gasteiger partial charge in [-0.25, -0.2) is 13.1 Å². The smallest absolute Gasteiger partial charge is 0.240 e. The van der Waals surface area contributed by atoms with E-state index in [1.807, 2.05) is 6.92 Å². The van der Waals surface area contributed by atoms with Gasteiger partial charge in [-0.05, 0) is 49.9 Å². The summed E-state index contributed by atoms with van der Waals surface area (Å²) < 4.78 is 33.3. The van der Waals surface area contributed by atoms with Crippen LogP contribution in [-0.2, 0) is 14.8 Å². The molecule has 5 nitrogen and oxygen atoms in total. The second kappa shape index (κ2) is 6.34. The molecule has 0 spiro atoms. The first-order valence-corrected chi connectivity index (χ1v) is 8.81. The topological polar surface area (TPSA) is 81.4 Å². The number of hydrogen-bond acceptors (Lipinski definition) is 4. The van der Waals surface area contributed by atoms with Crippen LogP contribution in [0.25, 0.3) is 0 Å². The second-order valence-electron chi connectivity index (χ2n) is 5.68. The lowest BCUT2D eigenvalue weighted by molar-refractivity contribution is 0.0884. The van der Waals surface area contributed by atoms with Crippen molar-refractivity contribution in [2.24, 2.45) is 5.92 Å². The first-order chi connectivity index (χ1) is 9.85. The van der Waals surface area contributed by atoms with Crippen LogP contribution in [0.4, 0.5) is 5.69 Å². The van der Waals surface area contributed by atoms with Gasteiger partial charge in [-0.3, -0.25) is 0 Å². The standard InChI is InChI=1S/C15H24N2O3S/c1-4-14-12(5-6-20-14)9-17-21(18,19)15-8-13(16)7-10(2)11(15)3/h7-8,12,14,17H,4-6,9,16H2,1-3H3. The summed E-state index contributed by atoms with van der Waals surface area (Å²) in [6, 6.07) is 3.30. The molecule has 0 aromatic heterocycles. The van der Waals surface area contributed by atoms with Gasteiger partial charge in [0.1, 0.15) is 0 Å². The molecule has 2 unspecified atom stereocenters. The van der Waals surface area contributed by atoms with Crippen molar-refractivity contribution < 1.29 is 13.2 Å². The van der Waals surface area contributed by atoms with E-state index in [1.165, 1.54) is 6.07 Å². The zero-order valence-electron chi connectivity index (χ0n) is 12.8. The molecule has 1 heterocycles. The highest BCUT2D eigenvalue weighted by molar-refractivity contribution is 7.89. The maximum Gasteiger partial charge on any atom is 0.240 e. The number of sulfonamides is 1. The van der Waals surface area contributed by atoms with Crippen LogP contribution in [0, 0.1) is 19.8 Å². The number of aryl methyl sites for hydroxylation is 1. The van der Waals surface area contributed by atoms with E-state index in [-0.39, 0.29) is 16.9 Å². The summed E-state index contributed by atoms with van der Waals surface area (Å²) in [7, 11) is -3.54. The Morgan fingerprint density at radius 2 is 2.10 bits per heavy atom. The number of nitrogens with two attached hydrogens (primary N) is 1. The molecule has 1 aromatic rings. The van der Waals surface area contributed by atoms with Gasteiger partial charge in [-0.2, -0.15) is 0 Å². The Morgan fingerprint density at radius 1 is 1.38 bits per heavy atom. The van der Waals surface area contributed by atoms with Gasteiger partial charge < -0.3 is 10.5 Å². The SMILES string of the molecule is CCC1OCCC1CNS(=O)(=O)c1cc(N)cc(C)c1C. The third-order valence-electron chi connectivity index (χ3n) is 4.22. The largest absolute Gasteiger partial charge is 0.399 e. The van der Waals surface area contributed by atoms with Gasteiger partial charge in [-0.15, -0.1) is 0 Å². The van der Waals surface area contributed by atoms with Gasteiger partial charge in [0.2, 0.25) is 10.0 Å². The Bertz CT molecular complexity index is 614. The number of nitrogens with one attached hydrogen (secondary N) is 1. The highest BCUT2D eigenvalue weighted by Crippen LogP contribution is 2.25. The number of anilines is 1. The lowest BCUT2D eigenvalue weighted by Crippen LogP contribution is -2.33. The molecule has 21 heavy (non-hydrogen) atoms. The normalized spacial score (nSPS) is 22.6. The van der Waals surface area contributed by atoms with Crippen molar-refractivity contribution >= 4 is 15.7 Å². The van der Waals surface area contributed by atoms with Gasteiger partial charge in [-0.1, -0.05) is 6.92 Å². The number of hydrogen-bond donors (Lipinski definition) is 2. The minimum Gasteiger partial charge on any atom is -0.399 e. The predicted octanol–water partition coefficient (Wildman–Crippen LogP) is 1.98. The van der Waals surface area contributed by atoms with Crippen molar-refractivity contribution in [2.75, 3.05) is 18.9 Å². The van der Waals surface area contributed by atoms with Crippen LogP contribution >= 0.6 is 0 Å². The van der Waals surface area contributed by atoms with E-state index in [0.717, 1.165) is 24.0 Å². The summed E-state index contributed by atoms with van der Waals surface area (Å²) >= 11 is 0. The molecule has 6 heteroatoms. The summed E-state index contributed by atoms with van der Waals surface area (Å²) in [5.41, 5.74) is 7.86. The predicted molar refractivity (Wildman–Crippen MR) is 83.7 cm³/mol. The Balaban J connectivity index is 2.16.